The fourth-order valence-corrected chi connectivity index (χ4v) is 9.17. The summed E-state index contributed by atoms with van der Waals surface area (Å²) in [5.74, 6) is 3.79. The van der Waals surface area contributed by atoms with Crippen molar-refractivity contribution < 1.29 is 9.13 Å². The minimum atomic E-state index is 0.472. The normalized spacial score (nSPS) is 15.3. The molecule has 18 heteroatoms. The predicted molar refractivity (Wildman–Crippen MR) is 258 cm³/mol. The topological polar surface area (TPSA) is 30.6 Å². The van der Waals surface area contributed by atoms with E-state index in [1.54, 1.807) is 0 Å². The van der Waals surface area contributed by atoms with E-state index in [9.17, 15) is 0 Å². The molecule has 0 aliphatic carbocycles. The number of fused-ring (bicyclic) bond motifs is 4. The first kappa shape index (κ1) is 46.3. The summed E-state index contributed by atoms with van der Waals surface area (Å²) in [4.78, 5) is 8.73. The molecular weight excluding hydrogens is 946 g/mol. The van der Waals surface area contributed by atoms with Gasteiger partial charge in [-0.3, -0.25) is 0 Å². The Morgan fingerprint density at radius 2 is 0.767 bits per heavy atom. The Morgan fingerprint density at radius 1 is 0.467 bits per heavy atom. The summed E-state index contributed by atoms with van der Waals surface area (Å²) in [5, 5.41) is 3.93. The second-order valence-electron chi connectivity index (χ2n) is 14.2. The summed E-state index contributed by atoms with van der Waals surface area (Å²) in [6.07, 6.45) is 12.4. The summed E-state index contributed by atoms with van der Waals surface area (Å²) >= 11 is 54.9. The molecule has 0 saturated heterocycles. The zero-order chi connectivity index (χ0) is 43.5. The maximum absolute atomic E-state index is 6.66. The third-order valence-electron chi connectivity index (χ3n) is 11.0. The predicted octanol–water partition coefficient (Wildman–Crippen LogP) is 11.1. The van der Waals surface area contributed by atoms with Crippen LogP contribution in [0.2, 0.25) is 40.2 Å². The van der Waals surface area contributed by atoms with Gasteiger partial charge in [-0.05, 0) is 36.4 Å². The van der Waals surface area contributed by atoms with Crippen LogP contribution in [0.15, 0.2) is 84.5 Å². The summed E-state index contributed by atoms with van der Waals surface area (Å²) in [6.45, 7) is 1.14. The number of aryl methyl sites for hydroxylation is 4. The standard InChI is InChI=1S/C42H36Cl8N8.2Na/c1-51-31-15-23(43)24(44)16-32(31)52(2)39(51)9-7-11-41-55(5)35-19-27(47)29(49)21-37(35)57(41)13-14-58-38-22-30(50)28(48)20-36(38)56(6)42(58)12-8-10-40-53(3)33-17-25(45)26(46)18-34(33)54(40)4;;/h7-12,15-22H,13-14H2,1-6H3;;/q+2;;. The first-order chi connectivity index (χ1) is 28.6. The average Bonchev–Trinajstić information content (AvgIpc) is 3.79. The number of halogens is 8. The Hall–Kier alpha value is -1.70. The molecule has 0 amide bonds. The molecule has 0 spiro atoms. The molecule has 2 aliphatic rings. The summed E-state index contributed by atoms with van der Waals surface area (Å²) < 4.78 is 8.35. The van der Waals surface area contributed by atoms with Gasteiger partial charge < -0.3 is 19.6 Å². The number of nitrogens with zero attached hydrogens (tertiary/aromatic N) is 8. The van der Waals surface area contributed by atoms with Crippen LogP contribution in [0.3, 0.4) is 0 Å². The third kappa shape index (κ3) is 8.38. The van der Waals surface area contributed by atoms with E-state index >= 15 is 0 Å². The molecule has 0 saturated carbocycles. The molecule has 6 aromatic rings. The first-order valence-corrected chi connectivity index (χ1v) is 30.0. The van der Waals surface area contributed by atoms with Gasteiger partial charge in [0.25, 0.3) is 11.6 Å². The van der Waals surface area contributed by atoms with Crippen LogP contribution in [0.5, 0.6) is 0 Å². The maximum atomic E-state index is 6.66. The number of hydrogen-bond acceptors (Lipinski definition) is 4. The first-order valence-electron chi connectivity index (χ1n) is 19.0. The van der Waals surface area contributed by atoms with Gasteiger partial charge in [-0.25, -0.2) is 18.3 Å². The van der Waals surface area contributed by atoms with Gasteiger partial charge >= 0.3 is 43.6 Å². The van der Waals surface area contributed by atoms with Crippen molar-refractivity contribution in [2.24, 2.45) is 28.2 Å². The van der Waals surface area contributed by atoms with Gasteiger partial charge in [0.15, 0.2) is 22.1 Å². The van der Waals surface area contributed by atoms with Crippen LogP contribution in [0.1, 0.15) is 11.6 Å². The molecule has 0 unspecified atom stereocenters. The molecule has 8 nitrogen and oxygen atoms in total. The van der Waals surface area contributed by atoms with E-state index in [0.29, 0.717) is 53.3 Å². The van der Waals surface area contributed by atoms with Gasteiger partial charge in [0.2, 0.25) is 0 Å². The van der Waals surface area contributed by atoms with Crippen molar-refractivity contribution in [2.75, 3.05) is 46.8 Å². The molecule has 0 atom stereocenters. The average molecular weight is 982 g/mol. The Morgan fingerprint density at radius 3 is 1.12 bits per heavy atom. The van der Waals surface area contributed by atoms with E-state index in [-0.39, 0.29) is 0 Å². The molecule has 0 radical (unpaired) electrons. The number of rotatable bonds is 7. The van der Waals surface area contributed by atoms with Crippen molar-refractivity contribution >= 4 is 193 Å². The molecule has 0 bridgehead atoms. The van der Waals surface area contributed by atoms with Crippen LogP contribution >= 0.6 is 92.8 Å². The fraction of sp³-hybridized carbons (Fsp3) is 0.190. The van der Waals surface area contributed by atoms with Crippen LogP contribution in [-0.2, 0) is 28.2 Å². The van der Waals surface area contributed by atoms with Crippen molar-refractivity contribution in [2.45, 2.75) is 0 Å². The summed E-state index contributed by atoms with van der Waals surface area (Å²) in [7, 11) is 12.1. The van der Waals surface area contributed by atoms with Crippen LogP contribution in [0.4, 0.5) is 22.7 Å². The van der Waals surface area contributed by atoms with E-state index in [0.717, 1.165) is 68.1 Å². The Balaban J connectivity index is 0.00000268. The summed E-state index contributed by atoms with van der Waals surface area (Å²) in [5.41, 5.74) is 7.63. The summed E-state index contributed by atoms with van der Waals surface area (Å²) in [6, 6.07) is 15.2. The van der Waals surface area contributed by atoms with Crippen molar-refractivity contribution in [3.63, 3.8) is 0 Å². The molecule has 2 aromatic heterocycles. The second kappa shape index (κ2) is 18.8. The van der Waals surface area contributed by atoms with E-state index in [2.05, 4.69) is 62.2 Å². The molecule has 8 rings (SSSR count). The van der Waals surface area contributed by atoms with Crippen LogP contribution < -0.4 is 28.7 Å². The Bertz CT molecular complexity index is 2570. The van der Waals surface area contributed by atoms with Gasteiger partial charge in [0, 0.05) is 63.6 Å². The van der Waals surface area contributed by atoms with Crippen LogP contribution in [0, 0.1) is 0 Å². The molecular formula is C42H36Cl8N8Na2+2. The number of hydrogen-bond donors (Lipinski definition) is 0. The SMILES string of the molecule is CN1C(=CC=Cc2n(C)c3cc(Cl)c(Cl)cc3[n+]2C)N(CCN2C(=CC=Cc3n(C)c4cc(Cl)c(Cl)cc4[n+]3C)N(C)c3cc(Cl)c(Cl)cc32)c2cc(Cl)c(Cl)cc21.[Na][Na]. The van der Waals surface area contributed by atoms with E-state index in [4.69, 9.17) is 92.8 Å². The van der Waals surface area contributed by atoms with Crippen molar-refractivity contribution in [3.8, 4) is 0 Å². The third-order valence-corrected chi connectivity index (χ3v) is 13.9. The van der Waals surface area contributed by atoms with Gasteiger partial charge in [-0.2, -0.15) is 0 Å². The number of allylic oxidation sites excluding steroid dienone is 4. The second-order valence-corrected chi connectivity index (χ2v) is 17.4. The number of anilines is 4. The van der Waals surface area contributed by atoms with Crippen LogP contribution in [-0.4, -0.2) is 79.9 Å². The Labute approximate surface area is 418 Å². The molecule has 4 heterocycles. The molecule has 4 aromatic carbocycles. The van der Waals surface area contributed by atoms with Crippen molar-refractivity contribution in [1.82, 2.24) is 9.13 Å². The van der Waals surface area contributed by atoms with Crippen molar-refractivity contribution in [1.29, 1.82) is 0 Å². The van der Waals surface area contributed by atoms with Gasteiger partial charge in [0.1, 0.15) is 11.6 Å². The zero-order valence-corrected chi connectivity index (χ0v) is 44.1. The van der Waals surface area contributed by atoms with Crippen molar-refractivity contribution in [3.05, 3.63) is 136 Å². The molecule has 60 heavy (non-hydrogen) atoms. The van der Waals surface area contributed by atoms with Gasteiger partial charge in [0.05, 0.1) is 91.1 Å². The minimum absolute atomic E-state index is 0.472. The molecule has 0 fully saturated rings. The molecule has 2 aliphatic heterocycles. The fourth-order valence-electron chi connectivity index (χ4n) is 7.91. The van der Waals surface area contributed by atoms with Gasteiger partial charge in [-0.1, -0.05) is 105 Å². The monoisotopic (exact) mass is 978 g/mol. The molecule has 0 N–H and O–H groups in total. The number of aromatic nitrogens is 4. The van der Waals surface area contributed by atoms with E-state index in [1.165, 1.54) is 43.6 Å². The quantitative estimate of drug-likeness (QED) is 0.118. The number of benzene rings is 4. The van der Waals surface area contributed by atoms with Gasteiger partial charge in [-0.15, -0.1) is 0 Å². The van der Waals surface area contributed by atoms with Crippen LogP contribution in [0.25, 0.3) is 34.2 Å². The van der Waals surface area contributed by atoms with E-state index < -0.39 is 0 Å². The molecule has 300 valence electrons. The Kier molecular flexibility index (Phi) is 14.5. The van der Waals surface area contributed by atoms with E-state index in [1.807, 2.05) is 103 Å². The number of imidazole rings is 2. The zero-order valence-electron chi connectivity index (χ0n) is 34.1.